The molecule has 1 aliphatic carbocycles. The number of carbonyl (C=O) groups is 1. The zero-order valence-electron chi connectivity index (χ0n) is 17.7. The van der Waals surface area contributed by atoms with E-state index in [0.29, 0.717) is 44.7 Å². The van der Waals surface area contributed by atoms with Gasteiger partial charge >= 0.3 is 0 Å². The van der Waals surface area contributed by atoms with Crippen molar-refractivity contribution in [1.82, 2.24) is 4.90 Å². The number of likely N-dealkylation sites (tertiary alicyclic amines) is 1. The van der Waals surface area contributed by atoms with Crippen molar-refractivity contribution in [1.29, 1.82) is 0 Å². The third kappa shape index (κ3) is 3.09. The second-order valence-corrected chi connectivity index (χ2v) is 10.9. The summed E-state index contributed by atoms with van der Waals surface area (Å²) in [5.41, 5.74) is 0.897. The lowest BCUT2D eigenvalue weighted by atomic mass is 9.54. The molecule has 3 aliphatic rings. The van der Waals surface area contributed by atoms with Crippen LogP contribution >= 0.6 is 22.6 Å². The molecular formula is C25H27FINO3. The first kappa shape index (κ1) is 21.3. The Kier molecular flexibility index (Phi) is 5.38. The van der Waals surface area contributed by atoms with Gasteiger partial charge in [-0.2, -0.15) is 0 Å². The van der Waals surface area contributed by atoms with Gasteiger partial charge in [-0.3, -0.25) is 4.79 Å². The Hall–Kier alpha value is -1.51. The molecule has 164 valence electrons. The maximum Gasteiger partial charge on any atom is 0.234 e. The molecule has 2 aromatic carbocycles. The maximum absolute atomic E-state index is 14.4. The van der Waals surface area contributed by atoms with Gasteiger partial charge in [0.05, 0.1) is 22.1 Å². The number of amides is 1. The normalized spacial score (nSPS) is 32.3. The van der Waals surface area contributed by atoms with Gasteiger partial charge in [0.1, 0.15) is 5.82 Å². The molecule has 0 radical (unpaired) electrons. The highest BCUT2D eigenvalue weighted by atomic mass is 127. The summed E-state index contributed by atoms with van der Waals surface area (Å²) >= 11 is 2.53. The smallest absolute Gasteiger partial charge is 0.234 e. The van der Waals surface area contributed by atoms with E-state index in [9.17, 15) is 9.18 Å². The topological polar surface area (TPSA) is 38.8 Å². The van der Waals surface area contributed by atoms with Gasteiger partial charge in [-0.25, -0.2) is 4.39 Å². The first-order valence-electron chi connectivity index (χ1n) is 11.0. The number of benzene rings is 2. The quantitative estimate of drug-likeness (QED) is 0.417. The number of nitrogens with zero attached hydrogens (tertiary/aromatic N) is 1. The fourth-order valence-corrected chi connectivity index (χ4v) is 7.49. The number of halogens is 2. The Morgan fingerprint density at radius 3 is 2.42 bits per heavy atom. The lowest BCUT2D eigenvalue weighted by molar-refractivity contribution is -0.229. The zero-order valence-corrected chi connectivity index (χ0v) is 19.8. The Morgan fingerprint density at radius 1 is 1.03 bits per heavy atom. The van der Waals surface area contributed by atoms with E-state index in [2.05, 4.69) is 41.6 Å². The second kappa shape index (κ2) is 7.81. The minimum atomic E-state index is -0.696. The third-order valence-corrected chi connectivity index (χ3v) is 10.1. The van der Waals surface area contributed by atoms with Crippen LogP contribution in [0, 0.1) is 11.7 Å². The molecule has 31 heavy (non-hydrogen) atoms. The Morgan fingerprint density at radius 2 is 1.71 bits per heavy atom. The van der Waals surface area contributed by atoms with Gasteiger partial charge in [0.15, 0.2) is 5.79 Å². The van der Waals surface area contributed by atoms with Crippen LogP contribution in [-0.2, 0) is 26.2 Å². The van der Waals surface area contributed by atoms with Crippen molar-refractivity contribution in [3.63, 3.8) is 0 Å². The van der Waals surface area contributed by atoms with Gasteiger partial charge in [-0.15, -0.1) is 0 Å². The van der Waals surface area contributed by atoms with E-state index >= 15 is 0 Å². The van der Waals surface area contributed by atoms with Crippen LogP contribution in [-0.4, -0.2) is 39.8 Å². The standard InChI is InChI=1S/C25H27FINO3/c1-18-24(27)13-14-28(17-19-7-5-6-10-21(19)26)22(29)23(24,20-8-3-2-4-9-20)11-12-25(18)30-15-16-31-25/h2-10,18H,11-17H2,1H3/t18-,23?,24+/m0/s1. The van der Waals surface area contributed by atoms with Gasteiger partial charge in [0.25, 0.3) is 0 Å². The summed E-state index contributed by atoms with van der Waals surface area (Å²) in [6.07, 6.45) is 2.13. The summed E-state index contributed by atoms with van der Waals surface area (Å²) in [5, 5.41) is 0. The molecule has 1 saturated carbocycles. The van der Waals surface area contributed by atoms with Gasteiger partial charge in [-0.1, -0.05) is 78.0 Å². The predicted octanol–water partition coefficient (Wildman–Crippen LogP) is 4.84. The van der Waals surface area contributed by atoms with Crippen LogP contribution in [0.25, 0.3) is 0 Å². The van der Waals surface area contributed by atoms with Crippen molar-refractivity contribution >= 4 is 28.5 Å². The third-order valence-electron chi connectivity index (χ3n) is 7.66. The molecule has 1 amide bonds. The number of rotatable bonds is 3. The molecule has 5 rings (SSSR count). The van der Waals surface area contributed by atoms with Gasteiger partial charge in [0.2, 0.25) is 5.91 Å². The molecule has 2 heterocycles. The van der Waals surface area contributed by atoms with E-state index < -0.39 is 11.2 Å². The molecule has 0 aromatic heterocycles. The Balaban J connectivity index is 1.58. The molecule has 3 fully saturated rings. The van der Waals surface area contributed by atoms with E-state index in [0.717, 1.165) is 12.0 Å². The van der Waals surface area contributed by atoms with Gasteiger partial charge in [-0.05, 0) is 24.5 Å². The van der Waals surface area contributed by atoms with Crippen LogP contribution in [0.15, 0.2) is 54.6 Å². The molecule has 0 N–H and O–H groups in total. The number of ether oxygens (including phenoxy) is 2. The molecule has 2 aromatic rings. The molecule has 1 spiro atoms. The largest absolute Gasteiger partial charge is 0.347 e. The minimum Gasteiger partial charge on any atom is -0.347 e. The number of fused-ring (bicyclic) bond motifs is 1. The van der Waals surface area contributed by atoms with Crippen LogP contribution in [0.3, 0.4) is 0 Å². The number of hydrogen-bond donors (Lipinski definition) is 0. The Labute approximate surface area is 196 Å². The lowest BCUT2D eigenvalue weighted by Crippen LogP contribution is -2.71. The van der Waals surface area contributed by atoms with Crippen LogP contribution in [0.1, 0.15) is 37.3 Å². The highest BCUT2D eigenvalue weighted by Gasteiger charge is 2.69. The molecule has 3 atom stereocenters. The van der Waals surface area contributed by atoms with Crippen LogP contribution in [0.5, 0.6) is 0 Å². The SMILES string of the molecule is C[C@@H]1C2(CCC3(c4ccccc4)C(=O)N(Cc4ccccc4F)CC[C@@]13I)OCCO2. The van der Waals surface area contributed by atoms with Crippen molar-refractivity contribution < 1.29 is 18.7 Å². The molecule has 6 heteroatoms. The summed E-state index contributed by atoms with van der Waals surface area (Å²) in [5.74, 6) is -0.758. The van der Waals surface area contributed by atoms with Crippen molar-refractivity contribution in [2.75, 3.05) is 19.8 Å². The predicted molar refractivity (Wildman–Crippen MR) is 124 cm³/mol. The molecule has 2 saturated heterocycles. The van der Waals surface area contributed by atoms with Crippen LogP contribution in [0.2, 0.25) is 0 Å². The number of alkyl halides is 1. The molecule has 0 bridgehead atoms. The van der Waals surface area contributed by atoms with Crippen molar-refractivity contribution in [2.45, 2.75) is 47.4 Å². The molecule has 2 aliphatic heterocycles. The van der Waals surface area contributed by atoms with Gasteiger partial charge in [0, 0.05) is 31.0 Å². The minimum absolute atomic E-state index is 0.0385. The van der Waals surface area contributed by atoms with Crippen LogP contribution in [0.4, 0.5) is 4.39 Å². The lowest BCUT2D eigenvalue weighted by Gasteiger charge is -2.61. The van der Waals surface area contributed by atoms with E-state index in [1.54, 1.807) is 12.1 Å². The second-order valence-electron chi connectivity index (χ2n) is 8.93. The zero-order chi connectivity index (χ0) is 21.7. The van der Waals surface area contributed by atoms with E-state index in [4.69, 9.17) is 9.47 Å². The molecular weight excluding hydrogens is 508 g/mol. The van der Waals surface area contributed by atoms with E-state index in [1.807, 2.05) is 29.2 Å². The van der Waals surface area contributed by atoms with E-state index in [-0.39, 0.29) is 21.1 Å². The highest BCUT2D eigenvalue weighted by Crippen LogP contribution is 2.63. The number of hydrogen-bond acceptors (Lipinski definition) is 3. The average Bonchev–Trinajstić information content (AvgIpc) is 3.26. The number of carbonyl (C=O) groups excluding carboxylic acids is 1. The first-order valence-corrected chi connectivity index (χ1v) is 12.1. The molecule has 4 nitrogen and oxygen atoms in total. The summed E-state index contributed by atoms with van der Waals surface area (Å²) in [6.45, 7) is 4.25. The maximum atomic E-state index is 14.4. The number of piperidine rings is 1. The summed E-state index contributed by atoms with van der Waals surface area (Å²) < 4.78 is 26.3. The van der Waals surface area contributed by atoms with Crippen molar-refractivity contribution in [2.24, 2.45) is 5.92 Å². The molecule has 1 unspecified atom stereocenters. The van der Waals surface area contributed by atoms with Crippen molar-refractivity contribution in [3.8, 4) is 0 Å². The first-order chi connectivity index (χ1) is 14.9. The summed E-state index contributed by atoms with van der Waals surface area (Å²) in [6, 6.07) is 16.9. The highest BCUT2D eigenvalue weighted by molar-refractivity contribution is 14.1. The fourth-order valence-electron chi connectivity index (χ4n) is 5.97. The van der Waals surface area contributed by atoms with E-state index in [1.165, 1.54) is 6.07 Å². The summed E-state index contributed by atoms with van der Waals surface area (Å²) in [7, 11) is 0. The fraction of sp³-hybridized carbons (Fsp3) is 0.480. The Bertz CT molecular complexity index is 980. The summed E-state index contributed by atoms with van der Waals surface area (Å²) in [4.78, 5) is 16.1. The monoisotopic (exact) mass is 535 g/mol. The van der Waals surface area contributed by atoms with Gasteiger partial charge < -0.3 is 14.4 Å². The van der Waals surface area contributed by atoms with Crippen LogP contribution < -0.4 is 0 Å². The van der Waals surface area contributed by atoms with Crippen molar-refractivity contribution in [3.05, 3.63) is 71.5 Å². The average molecular weight is 535 g/mol.